The molecule has 0 bridgehead atoms. The summed E-state index contributed by atoms with van der Waals surface area (Å²) in [5, 5.41) is 92.4. The smallest absolute Gasteiger partial charge is 0.333 e. The van der Waals surface area contributed by atoms with Crippen molar-refractivity contribution in [1.82, 2.24) is 20.9 Å². The molecule has 0 spiro atoms. The molecule has 12 aliphatic rings. The van der Waals surface area contributed by atoms with Gasteiger partial charge in [0, 0.05) is 112 Å². The molecule has 11 N–H and O–H groups in total. The van der Waals surface area contributed by atoms with Crippen LogP contribution < -0.4 is 16.0 Å². The number of ether oxygens (including phenoxy) is 15. The van der Waals surface area contributed by atoms with Crippen LogP contribution in [0.25, 0.3) is 31.3 Å². The Morgan fingerprint density at radius 3 is 1.22 bits per heavy atom. The van der Waals surface area contributed by atoms with E-state index in [9.17, 15) is 68.1 Å². The molecule has 0 aromatic rings. The van der Waals surface area contributed by atoms with Crippen molar-refractivity contribution in [2.75, 3.05) is 96.0 Å². The number of esters is 7. The lowest BCUT2D eigenvalue weighted by Crippen LogP contribution is -2.52. The van der Waals surface area contributed by atoms with Crippen molar-refractivity contribution in [1.29, 1.82) is 0 Å². The fourth-order valence-electron chi connectivity index (χ4n) is 14.9. The summed E-state index contributed by atoms with van der Waals surface area (Å²) < 4.78 is 76.0. The van der Waals surface area contributed by atoms with Gasteiger partial charge < -0.3 is 133 Å². The van der Waals surface area contributed by atoms with Crippen LogP contribution in [0.2, 0.25) is 0 Å². The van der Waals surface area contributed by atoms with E-state index in [1.165, 1.54) is 94.8 Å². The SMILES string of the molecule is C=CCO[C@@H]1C=C(C(=O)OC)C[C@@H](N=[N+]=[N-])[C@@H]1O.C=CCO[C@@H]1C=C(C(=O)OC)C[C@@H]2O[C@@H]21.C=CCO[C@@H]1C=C(C(=O)OC)C[C@@H]2[C@H]1N2C(C)=O.C=CCO[C@@H]1C=C(C(=O)OC)C[C@H](N=[N+]=[N-])[C@H]1NC(C)=O.C=CCO[C@@H]1C=C(C(=O)OC)C[C@H]2N[C@H]21.COC(=O)C1=C[C@@H](O)[C@H]2O[C@H]2C1.COC(=O)C1=C[C@@H](OCC(O)CO)[C@H](NC(C)=O)[C@@H](N=[N+]=[N-])C1.O=C(O)C1=C[C@@H](O)[C@@H](O)[C@H](O)C1. The normalized spacial score (nSPS) is 29.5. The Morgan fingerprint density at radius 1 is 0.455 bits per heavy atom. The average Bonchev–Trinajstić information content (AvgIpc) is 1.57. The third-order valence-corrected chi connectivity index (χ3v) is 21.5. The van der Waals surface area contributed by atoms with Crippen molar-refractivity contribution < 1.29 is 165 Å². The van der Waals surface area contributed by atoms with E-state index in [0.717, 1.165) is 12.5 Å². The number of epoxide rings is 2. The van der Waals surface area contributed by atoms with Crippen molar-refractivity contribution in [3.8, 4) is 0 Å². The minimum atomic E-state index is -1.29. The van der Waals surface area contributed by atoms with Crippen molar-refractivity contribution >= 4 is 65.5 Å². The molecule has 0 radical (unpaired) electrons. The Hall–Kier alpha value is -11.9. The van der Waals surface area contributed by atoms with Crippen LogP contribution in [0.1, 0.15) is 72.1 Å². The summed E-state index contributed by atoms with van der Waals surface area (Å²) in [4.78, 5) is 135. The molecule has 4 saturated heterocycles. The Kier molecular flexibility index (Phi) is 47.9. The number of carboxylic acids is 1. The molecule has 4 fully saturated rings. The molecule has 47 heteroatoms. The van der Waals surface area contributed by atoms with Crippen molar-refractivity contribution in [3.63, 3.8) is 0 Å². The number of nitrogens with zero attached hydrogens (tertiary/aromatic N) is 10. The van der Waals surface area contributed by atoms with Gasteiger partial charge in [-0.05, 0) is 90.9 Å². The first-order chi connectivity index (χ1) is 63.9. The molecule has 0 aromatic heterocycles. The number of azide groups is 3. The van der Waals surface area contributed by atoms with Crippen LogP contribution in [-0.2, 0) is 124 Å². The highest BCUT2D eigenvalue weighted by Gasteiger charge is 2.57. The fourth-order valence-corrected chi connectivity index (χ4v) is 14.9. The summed E-state index contributed by atoms with van der Waals surface area (Å²) in [6.45, 7) is 23.1. The van der Waals surface area contributed by atoms with E-state index in [2.05, 4.69) is 103 Å². The monoisotopic (exact) mass is 1890 g/mol. The third kappa shape index (κ3) is 34.5. The fraction of sp³-hybridized carbons (Fsp3) is 0.575. The number of methoxy groups -OCH3 is 7. The van der Waals surface area contributed by atoms with Gasteiger partial charge in [0.25, 0.3) is 0 Å². The van der Waals surface area contributed by atoms with Gasteiger partial charge >= 0.3 is 47.8 Å². The summed E-state index contributed by atoms with van der Waals surface area (Å²) in [6.07, 6.45) is 14.4. The number of hydrogen-bond donors (Lipinski definition) is 11. The maximum absolute atomic E-state index is 11.7. The second-order valence-corrected chi connectivity index (χ2v) is 30.8. The van der Waals surface area contributed by atoms with Crippen LogP contribution >= 0.6 is 0 Å². The van der Waals surface area contributed by atoms with Crippen LogP contribution in [-0.4, -0.2) is 359 Å². The van der Waals surface area contributed by atoms with Gasteiger partial charge in [-0.25, -0.2) is 38.4 Å². The molecular formula is C87H119N13O34. The lowest BCUT2D eigenvalue weighted by atomic mass is 9.88. The van der Waals surface area contributed by atoms with Gasteiger partial charge in [0.05, 0.1) is 193 Å². The number of aliphatic hydroxyl groups is 7. The van der Waals surface area contributed by atoms with E-state index < -0.39 is 116 Å². The standard InChI is InChI=1S/C13H20N4O6.C13H18N4O4.C13H17NO4.C11H15N3O4.C11H15NO3.C11H14O4.C8H10O4.C7H10O5/c1-7(19)15-12-10(16-17-14)3-8(13(21)22-2)4-11(12)23-6-9(20)5-18;1-4-5-21-11-7-9(13(19)20-3)6-10(16-17-14)12(11)15-8(2)18;1-4-5-18-11-7-9(13(16)17-3)6-10-12(11)14(10)8(2)15;1-3-4-18-9-6-7(11(16)17-2)5-8(10(9)15)13-14-12;1-3-4-15-9-6-7(11(13)14-2)5-8-10(9)12-8;1-3-4-14-8-5-7(11(12)13-2)6-9-10(8)15-9;1-11-8(10)4-2-5(9)7-6(3-4)12-7;8-4-1-3(7(11)12)2-5(9)6(4)10/h4,9-12,18,20H,3,5-6H2,1-2H3,(H,15,19);4,7,10-12H,1,5-6H2,2-3H3,(H,15,18);4,7,10-12H,1,5-6H2,2-3H3;3,6,8-10,15H,1,4-5H2,2H3;3,6,8-10,12H,1,4-5H2,2H3;3,5,8-10H,1,4,6H2,2H3;2,5-7,9H,3H2,1H3;1,4-6,8-10H,2H2,(H,11,12)/t9?,10-,11+,12+;10-,11+,12+;10-,11-,12-,14?;8-,9-,10+;8-,9-,10-;8-,9+,10-;5-,6+,7-;4-,5-,6-/m00111111/s1. The zero-order chi connectivity index (χ0) is 99.8. The number of fused-ring (bicyclic) bond motifs is 4. The van der Waals surface area contributed by atoms with E-state index in [1.54, 1.807) is 47.4 Å². The van der Waals surface area contributed by atoms with Crippen LogP contribution in [0, 0.1) is 0 Å². The third-order valence-electron chi connectivity index (χ3n) is 21.5. The number of rotatable bonds is 32. The maximum atomic E-state index is 11.7. The molecule has 8 aliphatic carbocycles. The summed E-state index contributed by atoms with van der Waals surface area (Å²) in [5.41, 5.74) is 29.1. The van der Waals surface area contributed by atoms with Gasteiger partial charge in [0.1, 0.15) is 48.8 Å². The zero-order valence-electron chi connectivity index (χ0n) is 75.7. The molecule has 25 atom stereocenters. The number of carbonyl (C=O) groups is 11. The molecule has 47 nitrogen and oxygen atoms in total. The molecule has 0 saturated carbocycles. The van der Waals surface area contributed by atoms with E-state index in [4.69, 9.17) is 89.5 Å². The molecular weight excluding hydrogens is 1770 g/mol. The van der Waals surface area contributed by atoms with Crippen molar-refractivity contribution in [2.45, 2.75) is 224 Å². The van der Waals surface area contributed by atoms with E-state index in [0.29, 0.717) is 84.6 Å². The lowest BCUT2D eigenvalue weighted by Gasteiger charge is -2.34. The van der Waals surface area contributed by atoms with Crippen LogP contribution in [0.4, 0.5) is 0 Å². The summed E-state index contributed by atoms with van der Waals surface area (Å²) in [6, 6.07) is -2.53. The number of aliphatic hydroxyl groups excluding tert-OH is 7. The predicted molar refractivity (Wildman–Crippen MR) is 468 cm³/mol. The van der Waals surface area contributed by atoms with Crippen LogP contribution in [0.5, 0.6) is 0 Å². The first kappa shape index (κ1) is 113. The molecule has 12 rings (SSSR count). The Labute approximate surface area is 771 Å². The quantitative estimate of drug-likeness (QED) is 0.00869. The van der Waals surface area contributed by atoms with Gasteiger partial charge in [-0.1, -0.05) is 45.7 Å². The minimum Gasteiger partial charge on any atom is -0.478 e. The predicted octanol–water partition coefficient (Wildman–Crippen LogP) is 1.75. The Balaban J connectivity index is 0.000000273. The van der Waals surface area contributed by atoms with E-state index >= 15 is 0 Å². The molecule has 3 amide bonds. The number of carbonyl (C=O) groups excluding carboxylic acids is 10. The van der Waals surface area contributed by atoms with E-state index in [1.807, 2.05) is 6.08 Å². The Bertz CT molecular complexity index is 4510. The zero-order valence-corrected chi connectivity index (χ0v) is 75.7. The van der Waals surface area contributed by atoms with Crippen molar-refractivity contribution in [3.05, 3.63) is 188 Å². The topological polar surface area (TPSA) is 690 Å². The molecule has 0 aromatic carbocycles. The number of hydrogen-bond acceptors (Lipinski definition) is 37. The molecule has 736 valence electrons. The van der Waals surface area contributed by atoms with Crippen molar-refractivity contribution in [2.24, 2.45) is 15.3 Å². The first-order valence-corrected chi connectivity index (χ1v) is 41.9. The van der Waals surface area contributed by atoms with Gasteiger partial charge in [0.15, 0.2) is 0 Å². The van der Waals surface area contributed by atoms with Gasteiger partial charge in [-0.3, -0.25) is 14.4 Å². The first-order valence-electron chi connectivity index (χ1n) is 41.9. The summed E-state index contributed by atoms with van der Waals surface area (Å²) >= 11 is 0. The largest absolute Gasteiger partial charge is 0.478 e. The van der Waals surface area contributed by atoms with Gasteiger partial charge in [-0.2, -0.15) is 0 Å². The summed E-state index contributed by atoms with van der Waals surface area (Å²) in [5.74, 6) is -4.71. The molecule has 4 heterocycles. The summed E-state index contributed by atoms with van der Waals surface area (Å²) in [7, 11) is 9.20. The second-order valence-electron chi connectivity index (χ2n) is 30.8. The number of nitrogens with one attached hydrogen (secondary N) is 3. The van der Waals surface area contributed by atoms with Crippen LogP contribution in [0.15, 0.2) is 172 Å². The maximum Gasteiger partial charge on any atom is 0.333 e. The highest BCUT2D eigenvalue weighted by atomic mass is 16.6. The average molecular weight is 1890 g/mol. The molecule has 1 unspecified atom stereocenters. The number of carboxylic acid groups (broad SMARTS) is 1. The molecule has 134 heavy (non-hydrogen) atoms. The van der Waals surface area contributed by atoms with Gasteiger partial charge in [-0.15, -0.1) is 32.9 Å². The number of aliphatic carboxylic acids is 1. The van der Waals surface area contributed by atoms with Gasteiger partial charge in [0.2, 0.25) is 17.7 Å². The highest BCUT2D eigenvalue weighted by molar-refractivity contribution is 5.93. The van der Waals surface area contributed by atoms with E-state index in [-0.39, 0.29) is 153 Å². The number of amides is 3. The highest BCUT2D eigenvalue weighted by Crippen LogP contribution is 2.43. The Morgan fingerprint density at radius 2 is 0.806 bits per heavy atom. The molecule has 4 aliphatic heterocycles. The van der Waals surface area contributed by atoms with Crippen LogP contribution in [0.3, 0.4) is 0 Å². The second kappa shape index (κ2) is 57.0. The lowest BCUT2D eigenvalue weighted by molar-refractivity contribution is -0.137. The minimum absolute atomic E-state index is 0.0109.